The highest BCUT2D eigenvalue weighted by Gasteiger charge is 2.27. The van der Waals surface area contributed by atoms with E-state index in [9.17, 15) is 13.9 Å². The number of rotatable bonds is 4. The molecule has 4 heteroatoms. The highest BCUT2D eigenvalue weighted by Crippen LogP contribution is 2.36. The van der Waals surface area contributed by atoms with Crippen LogP contribution in [0.15, 0.2) is 12.1 Å². The lowest BCUT2D eigenvalue weighted by molar-refractivity contribution is 0.213. The quantitative estimate of drug-likeness (QED) is 0.881. The number of hydrogen-bond donors (Lipinski definition) is 1. The Morgan fingerprint density at radius 2 is 2.00 bits per heavy atom. The van der Waals surface area contributed by atoms with Crippen LogP contribution in [0.1, 0.15) is 38.1 Å². The maximum Gasteiger partial charge on any atom is 0.165 e. The Balaban J connectivity index is 3.44. The van der Waals surface area contributed by atoms with Gasteiger partial charge >= 0.3 is 0 Å². The zero-order valence-electron chi connectivity index (χ0n) is 10.6. The third kappa shape index (κ3) is 2.75. The van der Waals surface area contributed by atoms with Gasteiger partial charge < -0.3 is 9.84 Å². The van der Waals surface area contributed by atoms with Crippen LogP contribution < -0.4 is 4.74 Å². The molecule has 0 saturated heterocycles. The van der Waals surface area contributed by atoms with Gasteiger partial charge in [-0.15, -0.1) is 0 Å². The molecule has 17 heavy (non-hydrogen) atoms. The van der Waals surface area contributed by atoms with Crippen LogP contribution in [0.2, 0.25) is 0 Å². The molecule has 0 heterocycles. The molecular weight excluding hydrogens is 226 g/mol. The Labute approximate surface area is 100 Å². The Morgan fingerprint density at radius 1 is 1.41 bits per heavy atom. The minimum Gasteiger partial charge on any atom is -0.493 e. The van der Waals surface area contributed by atoms with Gasteiger partial charge in [0.05, 0.1) is 13.7 Å². The maximum absolute atomic E-state index is 13.8. The summed E-state index contributed by atoms with van der Waals surface area (Å²) in [5.74, 6) is -0.542. The lowest BCUT2D eigenvalue weighted by Gasteiger charge is -2.25. The lowest BCUT2D eigenvalue weighted by Crippen LogP contribution is -2.23. The minimum atomic E-state index is -1.26. The van der Waals surface area contributed by atoms with Crippen molar-refractivity contribution in [2.75, 3.05) is 13.7 Å². The molecule has 0 aliphatic carbocycles. The van der Waals surface area contributed by atoms with E-state index in [0.717, 1.165) is 6.07 Å². The van der Waals surface area contributed by atoms with E-state index in [1.807, 2.05) is 0 Å². The van der Waals surface area contributed by atoms with E-state index in [1.165, 1.54) is 14.0 Å². The van der Waals surface area contributed by atoms with Crippen LogP contribution in [0.25, 0.3) is 0 Å². The molecule has 0 fully saturated rings. The van der Waals surface area contributed by atoms with Gasteiger partial charge in [-0.1, -0.05) is 13.8 Å². The molecule has 96 valence electrons. The van der Waals surface area contributed by atoms with Crippen LogP contribution in [0, 0.1) is 5.82 Å². The summed E-state index contributed by atoms with van der Waals surface area (Å²) in [6.07, 6.45) is -1.26. The Hall–Kier alpha value is -1.16. The zero-order valence-corrected chi connectivity index (χ0v) is 10.6. The summed E-state index contributed by atoms with van der Waals surface area (Å²) in [6, 6.07) is 2.67. The minimum absolute atomic E-state index is 0.0634. The van der Waals surface area contributed by atoms with Gasteiger partial charge in [0.1, 0.15) is 6.17 Å². The fraction of sp³-hybridized carbons (Fsp3) is 0.538. The van der Waals surface area contributed by atoms with E-state index < -0.39 is 17.4 Å². The molecule has 0 spiro atoms. The number of halogens is 2. The van der Waals surface area contributed by atoms with E-state index in [4.69, 9.17) is 4.74 Å². The molecule has 1 N–H and O–H groups in total. The molecule has 1 rings (SSSR count). The van der Waals surface area contributed by atoms with Crippen LogP contribution in [0.3, 0.4) is 0 Å². The SMILES string of the molecule is COc1c(F)cc(C(C)F)cc1C(C)(C)CO. The van der Waals surface area contributed by atoms with E-state index in [1.54, 1.807) is 19.9 Å². The first kappa shape index (κ1) is 13.9. The van der Waals surface area contributed by atoms with Gasteiger partial charge in [-0.05, 0) is 24.6 Å². The van der Waals surface area contributed by atoms with Crippen molar-refractivity contribution in [3.05, 3.63) is 29.1 Å². The molecule has 1 aromatic rings. The first-order valence-electron chi connectivity index (χ1n) is 5.46. The first-order chi connectivity index (χ1) is 7.83. The monoisotopic (exact) mass is 244 g/mol. The van der Waals surface area contributed by atoms with Crippen LogP contribution in [0.4, 0.5) is 8.78 Å². The second kappa shape index (κ2) is 5.00. The van der Waals surface area contributed by atoms with Gasteiger partial charge in [-0.2, -0.15) is 0 Å². The average molecular weight is 244 g/mol. The number of benzene rings is 1. The molecule has 0 saturated carbocycles. The van der Waals surface area contributed by atoms with Gasteiger partial charge in [0.15, 0.2) is 11.6 Å². The van der Waals surface area contributed by atoms with Crippen molar-refractivity contribution in [1.82, 2.24) is 0 Å². The number of alkyl halides is 1. The van der Waals surface area contributed by atoms with E-state index in [-0.39, 0.29) is 17.9 Å². The van der Waals surface area contributed by atoms with Gasteiger partial charge in [-0.25, -0.2) is 8.78 Å². The van der Waals surface area contributed by atoms with Crippen molar-refractivity contribution in [1.29, 1.82) is 0 Å². The third-order valence-corrected chi connectivity index (χ3v) is 2.85. The van der Waals surface area contributed by atoms with Crippen LogP contribution >= 0.6 is 0 Å². The molecule has 1 aromatic carbocycles. The molecule has 0 bridgehead atoms. The van der Waals surface area contributed by atoms with Crippen LogP contribution in [-0.4, -0.2) is 18.8 Å². The second-order valence-electron chi connectivity index (χ2n) is 4.74. The van der Waals surface area contributed by atoms with Crippen LogP contribution in [-0.2, 0) is 5.41 Å². The zero-order chi connectivity index (χ0) is 13.2. The topological polar surface area (TPSA) is 29.5 Å². The van der Waals surface area contributed by atoms with Gasteiger partial charge in [0.25, 0.3) is 0 Å². The van der Waals surface area contributed by atoms with Gasteiger partial charge in [-0.3, -0.25) is 0 Å². The average Bonchev–Trinajstić information content (AvgIpc) is 2.27. The lowest BCUT2D eigenvalue weighted by atomic mass is 9.83. The first-order valence-corrected chi connectivity index (χ1v) is 5.46. The van der Waals surface area contributed by atoms with Crippen molar-refractivity contribution in [2.24, 2.45) is 0 Å². The summed E-state index contributed by atoms with van der Waals surface area (Å²) in [6.45, 7) is 4.66. The molecule has 2 nitrogen and oxygen atoms in total. The van der Waals surface area contributed by atoms with Crippen molar-refractivity contribution >= 4 is 0 Å². The second-order valence-corrected chi connectivity index (χ2v) is 4.74. The van der Waals surface area contributed by atoms with E-state index in [0.29, 0.717) is 5.56 Å². The van der Waals surface area contributed by atoms with Gasteiger partial charge in [0.2, 0.25) is 0 Å². The predicted octanol–water partition coefficient (Wildman–Crippen LogP) is 3.13. The summed E-state index contributed by atoms with van der Waals surface area (Å²) >= 11 is 0. The molecule has 0 aliphatic rings. The number of aliphatic hydroxyl groups is 1. The summed E-state index contributed by atoms with van der Waals surface area (Å²) in [5, 5.41) is 9.32. The Bertz CT molecular complexity index is 401. The fourth-order valence-electron chi connectivity index (χ4n) is 1.64. The van der Waals surface area contributed by atoms with Crippen molar-refractivity contribution in [3.8, 4) is 5.75 Å². The molecule has 0 radical (unpaired) electrons. The number of hydrogen-bond acceptors (Lipinski definition) is 2. The maximum atomic E-state index is 13.8. The van der Waals surface area contributed by atoms with Crippen molar-refractivity contribution in [3.63, 3.8) is 0 Å². The molecule has 1 unspecified atom stereocenters. The van der Waals surface area contributed by atoms with E-state index >= 15 is 0 Å². The Kier molecular flexibility index (Phi) is 4.09. The normalized spacial score (nSPS) is 13.6. The molecular formula is C13H18F2O2. The fourth-order valence-corrected chi connectivity index (χ4v) is 1.64. The van der Waals surface area contributed by atoms with Crippen molar-refractivity contribution < 1.29 is 18.6 Å². The predicted molar refractivity (Wildman–Crippen MR) is 62.6 cm³/mol. The standard InChI is InChI=1S/C13H18F2O2/c1-8(14)9-5-10(13(2,3)7-16)12(17-4)11(15)6-9/h5-6,8,16H,7H2,1-4H3. The Morgan fingerprint density at radius 3 is 2.41 bits per heavy atom. The third-order valence-electron chi connectivity index (χ3n) is 2.85. The summed E-state index contributed by atoms with van der Waals surface area (Å²) in [5.41, 5.74) is 0.0405. The van der Waals surface area contributed by atoms with E-state index in [2.05, 4.69) is 0 Å². The number of aliphatic hydroxyl groups excluding tert-OH is 1. The molecule has 0 aliphatic heterocycles. The highest BCUT2D eigenvalue weighted by atomic mass is 19.1. The van der Waals surface area contributed by atoms with Crippen LogP contribution in [0.5, 0.6) is 5.75 Å². The summed E-state index contributed by atoms with van der Waals surface area (Å²) < 4.78 is 32.0. The largest absolute Gasteiger partial charge is 0.493 e. The summed E-state index contributed by atoms with van der Waals surface area (Å²) in [7, 11) is 1.36. The molecule has 0 aromatic heterocycles. The summed E-state index contributed by atoms with van der Waals surface area (Å²) in [4.78, 5) is 0. The highest BCUT2D eigenvalue weighted by molar-refractivity contribution is 5.43. The number of ether oxygens (including phenoxy) is 1. The number of methoxy groups -OCH3 is 1. The molecule has 0 amide bonds. The van der Waals surface area contributed by atoms with Gasteiger partial charge in [0, 0.05) is 11.0 Å². The van der Waals surface area contributed by atoms with Crippen molar-refractivity contribution in [2.45, 2.75) is 32.4 Å². The smallest absolute Gasteiger partial charge is 0.165 e. The molecule has 1 atom stereocenters.